The molecule has 2 atom stereocenters. The Kier molecular flexibility index (Phi) is 20.9. The normalized spacial score (nSPS) is 12.9. The molecule has 0 spiro atoms. The van der Waals surface area contributed by atoms with E-state index in [0.717, 1.165) is 30.7 Å². The summed E-state index contributed by atoms with van der Waals surface area (Å²) in [4.78, 5) is 21.5. The summed E-state index contributed by atoms with van der Waals surface area (Å²) < 4.78 is 22.1. The van der Waals surface area contributed by atoms with Crippen molar-refractivity contribution >= 4 is 14.6 Å². The lowest BCUT2D eigenvalue weighted by molar-refractivity contribution is -0.627. The van der Waals surface area contributed by atoms with Gasteiger partial charge in [0.05, 0.1) is 33.4 Å². The Labute approximate surface area is 220 Å². The Morgan fingerprint density at radius 3 is 2.25 bits per heavy atom. The topological polar surface area (TPSA) is 90.8 Å². The summed E-state index contributed by atoms with van der Waals surface area (Å²) in [6, 6.07) is 7.86. The number of esters is 1. The fraction of sp³-hybridized carbons (Fsp3) is 0.750. The van der Waals surface area contributed by atoms with Crippen molar-refractivity contribution in [3.8, 4) is 5.75 Å². The summed E-state index contributed by atoms with van der Waals surface area (Å²) in [7, 11) is 0.000690. The number of rotatable bonds is 24. The molecule has 3 N–H and O–H groups in total. The van der Waals surface area contributed by atoms with Crippen LogP contribution in [0.4, 0.5) is 0 Å². The quantitative estimate of drug-likeness (QED) is 0.102. The number of carbonyl (C=O) groups excluding carboxylic acids is 1. The van der Waals surface area contributed by atoms with Crippen molar-refractivity contribution in [1.82, 2.24) is 0 Å². The van der Waals surface area contributed by atoms with Gasteiger partial charge in [0.15, 0.2) is 0 Å². The lowest BCUT2D eigenvalue weighted by Gasteiger charge is -2.19. The molecule has 1 aromatic carbocycles. The van der Waals surface area contributed by atoms with Gasteiger partial charge >= 0.3 is 14.6 Å². The number of nitrogens with two attached hydrogens (primary N) is 1. The van der Waals surface area contributed by atoms with Crippen LogP contribution in [0.25, 0.3) is 0 Å². The molecule has 1 rings (SSSR count). The standard InChI is InChI=1S/C28H50NO6P/c1-4-5-6-7-8-9-10-11-12-13-14-20-32-27-18-15-17-26(22-27)23-28(35-25(2)30)24-34-36(31)33-21-16-19-29-3/h15,17-18,22,28-29,31H,4-14,16,19-21,23-24H2,1-3H3/p+1. The Morgan fingerprint density at radius 2 is 1.61 bits per heavy atom. The highest BCUT2D eigenvalue weighted by molar-refractivity contribution is 7.40. The highest BCUT2D eigenvalue weighted by Crippen LogP contribution is 2.33. The maximum Gasteiger partial charge on any atom is 0.329 e. The zero-order valence-corrected chi connectivity index (χ0v) is 23.8. The predicted octanol–water partition coefficient (Wildman–Crippen LogP) is 5.69. The zero-order valence-electron chi connectivity index (χ0n) is 22.9. The summed E-state index contributed by atoms with van der Waals surface area (Å²) in [5, 5.41) is 2.05. The molecule has 0 aliphatic rings. The number of unbranched alkanes of at least 4 members (excludes halogenated alkanes) is 10. The molecule has 0 fully saturated rings. The number of carbonyl (C=O) groups is 1. The van der Waals surface area contributed by atoms with Crippen molar-refractivity contribution in [2.45, 2.75) is 103 Å². The highest BCUT2D eigenvalue weighted by Gasteiger charge is 2.17. The minimum absolute atomic E-state index is 0.0749. The molecule has 2 unspecified atom stereocenters. The summed E-state index contributed by atoms with van der Waals surface area (Å²) in [5.74, 6) is 0.441. The summed E-state index contributed by atoms with van der Waals surface area (Å²) in [6.45, 7) is 5.78. The molecule has 208 valence electrons. The van der Waals surface area contributed by atoms with Crippen molar-refractivity contribution < 1.29 is 33.5 Å². The number of quaternary nitrogens is 1. The van der Waals surface area contributed by atoms with Gasteiger partial charge in [-0.2, -0.15) is 0 Å². The molecule has 0 heterocycles. The van der Waals surface area contributed by atoms with Crippen LogP contribution in [0.15, 0.2) is 24.3 Å². The van der Waals surface area contributed by atoms with Crippen LogP contribution >= 0.6 is 8.60 Å². The minimum atomic E-state index is -1.99. The molecule has 0 aliphatic heterocycles. The van der Waals surface area contributed by atoms with Crippen molar-refractivity contribution in [1.29, 1.82) is 0 Å². The van der Waals surface area contributed by atoms with Gasteiger partial charge in [-0.15, -0.1) is 0 Å². The van der Waals surface area contributed by atoms with Gasteiger partial charge in [-0.05, 0) is 24.1 Å². The molecular weight excluding hydrogens is 477 g/mol. The van der Waals surface area contributed by atoms with E-state index < -0.39 is 14.7 Å². The first-order chi connectivity index (χ1) is 17.5. The second-order valence-corrected chi connectivity index (χ2v) is 10.4. The first-order valence-corrected chi connectivity index (χ1v) is 15.1. The Hall–Kier alpha value is -1.24. The lowest BCUT2D eigenvalue weighted by Crippen LogP contribution is -2.79. The molecule has 0 bridgehead atoms. The van der Waals surface area contributed by atoms with Gasteiger partial charge in [-0.25, -0.2) is 0 Å². The van der Waals surface area contributed by atoms with E-state index in [1.165, 1.54) is 71.1 Å². The van der Waals surface area contributed by atoms with E-state index in [1.54, 1.807) is 0 Å². The highest BCUT2D eigenvalue weighted by atomic mass is 31.2. The zero-order chi connectivity index (χ0) is 26.3. The number of ether oxygens (including phenoxy) is 2. The van der Waals surface area contributed by atoms with E-state index in [1.807, 2.05) is 31.3 Å². The monoisotopic (exact) mass is 528 g/mol. The van der Waals surface area contributed by atoms with E-state index >= 15 is 0 Å². The number of hydrogen-bond acceptors (Lipinski definition) is 6. The van der Waals surface area contributed by atoms with Gasteiger partial charge in [-0.1, -0.05) is 83.3 Å². The van der Waals surface area contributed by atoms with Crippen LogP contribution in [0.1, 0.15) is 96.5 Å². The third-order valence-corrected chi connectivity index (χ3v) is 6.69. The van der Waals surface area contributed by atoms with E-state index in [0.29, 0.717) is 19.6 Å². The number of benzene rings is 1. The SMILES string of the molecule is CCCCCCCCCCCCCOc1cccc(CC(COP(O)OCCC[NH2+]C)OC(C)=O)c1. The van der Waals surface area contributed by atoms with E-state index in [-0.39, 0.29) is 12.6 Å². The average Bonchev–Trinajstić information content (AvgIpc) is 2.86. The van der Waals surface area contributed by atoms with Crippen molar-refractivity contribution in [3.05, 3.63) is 29.8 Å². The van der Waals surface area contributed by atoms with Crippen molar-refractivity contribution in [3.63, 3.8) is 0 Å². The maximum atomic E-state index is 11.5. The fourth-order valence-electron chi connectivity index (χ4n) is 3.97. The molecule has 0 amide bonds. The molecular formula is C28H51NO6P+. The van der Waals surface area contributed by atoms with E-state index in [9.17, 15) is 9.69 Å². The van der Waals surface area contributed by atoms with Crippen LogP contribution in [0.5, 0.6) is 5.75 Å². The molecule has 0 radical (unpaired) electrons. The summed E-state index contributed by atoms with van der Waals surface area (Å²) in [5.41, 5.74) is 0.989. The molecule has 0 aliphatic carbocycles. The molecule has 0 aromatic heterocycles. The second-order valence-electron chi connectivity index (χ2n) is 9.38. The first kappa shape index (κ1) is 32.8. The van der Waals surface area contributed by atoms with Crippen LogP contribution < -0.4 is 10.1 Å². The Morgan fingerprint density at radius 1 is 0.944 bits per heavy atom. The molecule has 36 heavy (non-hydrogen) atoms. The molecule has 1 aromatic rings. The van der Waals surface area contributed by atoms with Crippen molar-refractivity contribution in [2.24, 2.45) is 0 Å². The van der Waals surface area contributed by atoms with Gasteiger partial charge in [0.25, 0.3) is 0 Å². The third-order valence-electron chi connectivity index (χ3n) is 5.92. The summed E-state index contributed by atoms with van der Waals surface area (Å²) in [6.07, 6.45) is 15.2. The van der Waals surface area contributed by atoms with Gasteiger partial charge in [0.2, 0.25) is 0 Å². The molecule has 8 heteroatoms. The van der Waals surface area contributed by atoms with Gasteiger partial charge in [-0.3, -0.25) is 4.79 Å². The van der Waals surface area contributed by atoms with Crippen LogP contribution in [-0.2, 0) is 25.0 Å². The Balaban J connectivity index is 2.27. The maximum absolute atomic E-state index is 11.5. The fourth-order valence-corrected chi connectivity index (χ4v) is 4.62. The lowest BCUT2D eigenvalue weighted by atomic mass is 10.1. The largest absolute Gasteiger partial charge is 0.494 e. The average molecular weight is 529 g/mol. The van der Waals surface area contributed by atoms with Gasteiger partial charge in [0, 0.05) is 19.8 Å². The molecule has 0 saturated carbocycles. The van der Waals surface area contributed by atoms with Crippen LogP contribution in [0.2, 0.25) is 0 Å². The van der Waals surface area contributed by atoms with Crippen molar-refractivity contribution in [2.75, 3.05) is 33.4 Å². The first-order valence-electron chi connectivity index (χ1n) is 14.0. The minimum Gasteiger partial charge on any atom is -0.494 e. The molecule has 0 saturated heterocycles. The predicted molar refractivity (Wildman–Crippen MR) is 146 cm³/mol. The molecule has 7 nitrogen and oxygen atoms in total. The summed E-state index contributed by atoms with van der Waals surface area (Å²) >= 11 is 0. The smallest absolute Gasteiger partial charge is 0.329 e. The van der Waals surface area contributed by atoms with Crippen LogP contribution in [0.3, 0.4) is 0 Å². The number of hydrogen-bond donors (Lipinski definition) is 2. The second kappa shape index (κ2) is 22.9. The Bertz CT molecular complexity index is 663. The van der Waals surface area contributed by atoms with Gasteiger partial charge < -0.3 is 28.7 Å². The van der Waals surface area contributed by atoms with E-state index in [4.69, 9.17) is 18.5 Å². The third kappa shape index (κ3) is 18.9. The van der Waals surface area contributed by atoms with Crippen LogP contribution in [0, 0.1) is 0 Å². The van der Waals surface area contributed by atoms with E-state index in [2.05, 4.69) is 12.2 Å². The van der Waals surface area contributed by atoms with Crippen LogP contribution in [-0.4, -0.2) is 50.4 Å². The van der Waals surface area contributed by atoms with Gasteiger partial charge in [0.1, 0.15) is 11.9 Å².